The van der Waals surface area contributed by atoms with E-state index in [4.69, 9.17) is 4.74 Å². The fourth-order valence-electron chi connectivity index (χ4n) is 8.58. The number of hydrogen-bond acceptors (Lipinski definition) is 6. The van der Waals surface area contributed by atoms with Gasteiger partial charge in [0.2, 0.25) is 5.78 Å². The molecule has 0 amide bonds. The van der Waals surface area contributed by atoms with E-state index in [1.165, 1.54) is 6.92 Å². The number of carbonyl (C=O) groups is 3. The molecule has 4 aliphatic rings. The topological polar surface area (TPSA) is 101 Å². The Balaban J connectivity index is 1.82. The lowest BCUT2D eigenvalue weighted by Gasteiger charge is -2.65. The van der Waals surface area contributed by atoms with E-state index in [2.05, 4.69) is 0 Å². The lowest BCUT2D eigenvalue weighted by molar-refractivity contribution is -0.257. The van der Waals surface area contributed by atoms with E-state index in [9.17, 15) is 24.6 Å². The maximum absolute atomic E-state index is 17.2. The summed E-state index contributed by atoms with van der Waals surface area (Å²) in [5.41, 5.74) is -5.23. The number of Topliss-reactive ketones (excluding diaryl/α,β-unsaturated/α-hetero) is 2. The van der Waals surface area contributed by atoms with Crippen LogP contribution >= 0.6 is 0 Å². The molecular formula is C24H35FO6. The van der Waals surface area contributed by atoms with E-state index in [1.807, 2.05) is 20.8 Å². The molecule has 6 nitrogen and oxygen atoms in total. The fraction of sp³-hybridized carbons (Fsp3) is 0.875. The second-order valence-corrected chi connectivity index (χ2v) is 11.1. The molecule has 0 aromatic rings. The molecule has 9 atom stereocenters. The number of esters is 1. The molecule has 0 spiro atoms. The minimum Gasteiger partial charge on any atom is -0.450 e. The lowest BCUT2D eigenvalue weighted by atomic mass is 9.42. The Labute approximate surface area is 182 Å². The van der Waals surface area contributed by atoms with Gasteiger partial charge in [0.1, 0.15) is 18.1 Å². The minimum absolute atomic E-state index is 0.0235. The molecule has 4 fully saturated rings. The predicted octanol–water partition coefficient (Wildman–Crippen LogP) is 2.77. The van der Waals surface area contributed by atoms with Crippen molar-refractivity contribution in [3.63, 3.8) is 0 Å². The van der Waals surface area contributed by atoms with Crippen molar-refractivity contribution < 1.29 is 33.7 Å². The molecular weight excluding hydrogens is 403 g/mol. The number of ether oxygens (including phenoxy) is 1. The average molecular weight is 439 g/mol. The van der Waals surface area contributed by atoms with Gasteiger partial charge in [-0.25, -0.2) is 4.39 Å². The number of halogens is 1. The molecule has 2 N–H and O–H groups in total. The molecule has 0 aromatic heterocycles. The first-order valence-corrected chi connectivity index (χ1v) is 11.6. The molecule has 7 heteroatoms. The van der Waals surface area contributed by atoms with Crippen LogP contribution in [0.5, 0.6) is 0 Å². The summed E-state index contributed by atoms with van der Waals surface area (Å²) in [7, 11) is 0. The number of ketones is 2. The van der Waals surface area contributed by atoms with Gasteiger partial charge < -0.3 is 14.9 Å². The molecule has 0 aromatic carbocycles. The van der Waals surface area contributed by atoms with Gasteiger partial charge in [0.05, 0.1) is 6.10 Å². The van der Waals surface area contributed by atoms with Gasteiger partial charge in [-0.15, -0.1) is 0 Å². The number of alkyl halides is 1. The van der Waals surface area contributed by atoms with Gasteiger partial charge in [-0.05, 0) is 49.9 Å². The van der Waals surface area contributed by atoms with Crippen LogP contribution in [0.2, 0.25) is 0 Å². The molecule has 4 rings (SSSR count). The minimum atomic E-state index is -1.87. The average Bonchev–Trinajstić information content (AvgIpc) is 2.90. The van der Waals surface area contributed by atoms with Crippen LogP contribution in [-0.4, -0.2) is 51.7 Å². The van der Waals surface area contributed by atoms with E-state index < -0.39 is 58.4 Å². The first-order chi connectivity index (χ1) is 14.4. The number of fused-ring (bicyclic) bond motifs is 5. The Kier molecular flexibility index (Phi) is 5.21. The second-order valence-electron chi connectivity index (χ2n) is 11.1. The van der Waals surface area contributed by atoms with Crippen LogP contribution in [0, 0.1) is 34.5 Å². The molecule has 4 aliphatic carbocycles. The third kappa shape index (κ3) is 2.65. The third-order valence-corrected chi connectivity index (χ3v) is 9.96. The number of carbonyl (C=O) groups excluding carboxylic acids is 3. The number of rotatable bonds is 3. The van der Waals surface area contributed by atoms with Crippen molar-refractivity contribution in [2.75, 3.05) is 6.61 Å². The Hall–Kier alpha value is -1.34. The summed E-state index contributed by atoms with van der Waals surface area (Å²) in [4.78, 5) is 37.2. The molecule has 0 heterocycles. The largest absolute Gasteiger partial charge is 0.450 e. The van der Waals surface area contributed by atoms with E-state index in [-0.39, 0.29) is 24.0 Å². The van der Waals surface area contributed by atoms with E-state index >= 15 is 4.39 Å². The standard InChI is InChI=1S/C24H35FO6/c1-13-9-18-17-6-5-15-10-16(28)7-8-21(15,3)23(17,25)19(29)11-22(18,4)24(13,20(30)12-26)31-14(2)27/h13,15,17-19,26,29H,5-12H2,1-4H3/t13-,15-,17-,18-,19-,21-,22-,23-,24-/m0/s1. The Morgan fingerprint density at radius 2 is 1.87 bits per heavy atom. The van der Waals surface area contributed by atoms with Gasteiger partial charge in [-0.1, -0.05) is 20.8 Å². The van der Waals surface area contributed by atoms with Crippen molar-refractivity contribution >= 4 is 17.5 Å². The quantitative estimate of drug-likeness (QED) is 0.657. The number of aliphatic hydroxyl groups is 2. The van der Waals surface area contributed by atoms with Gasteiger partial charge >= 0.3 is 5.97 Å². The molecule has 0 bridgehead atoms. The van der Waals surface area contributed by atoms with Crippen molar-refractivity contribution in [2.45, 2.75) is 90.0 Å². The molecule has 174 valence electrons. The Bertz CT molecular complexity index is 814. The predicted molar refractivity (Wildman–Crippen MR) is 110 cm³/mol. The third-order valence-electron chi connectivity index (χ3n) is 9.96. The monoisotopic (exact) mass is 438 g/mol. The summed E-state index contributed by atoms with van der Waals surface area (Å²) in [6.07, 6.45) is 1.47. The number of aliphatic hydroxyl groups excluding tert-OH is 2. The van der Waals surface area contributed by atoms with Gasteiger partial charge in [-0.2, -0.15) is 0 Å². The first-order valence-electron chi connectivity index (χ1n) is 11.6. The highest BCUT2D eigenvalue weighted by Gasteiger charge is 2.77. The molecule has 0 unspecified atom stereocenters. The maximum atomic E-state index is 17.2. The summed E-state index contributed by atoms with van der Waals surface area (Å²) in [5.74, 6) is -2.31. The highest BCUT2D eigenvalue weighted by Crippen LogP contribution is 2.72. The molecule has 0 radical (unpaired) electrons. The van der Waals surface area contributed by atoms with Crippen molar-refractivity contribution in [3.05, 3.63) is 0 Å². The van der Waals surface area contributed by atoms with E-state index in [0.717, 1.165) is 0 Å². The second kappa shape index (κ2) is 7.08. The van der Waals surface area contributed by atoms with E-state index in [1.54, 1.807) is 0 Å². The summed E-state index contributed by atoms with van der Waals surface area (Å²) in [6.45, 7) is 5.99. The van der Waals surface area contributed by atoms with Gasteiger partial charge in [0, 0.05) is 36.5 Å². The summed E-state index contributed by atoms with van der Waals surface area (Å²) in [6, 6.07) is 0. The fourth-order valence-corrected chi connectivity index (χ4v) is 8.58. The van der Waals surface area contributed by atoms with Crippen LogP contribution in [0.25, 0.3) is 0 Å². The zero-order valence-electron chi connectivity index (χ0n) is 18.9. The Morgan fingerprint density at radius 3 is 2.48 bits per heavy atom. The normalized spacial score (nSPS) is 51.5. The smallest absolute Gasteiger partial charge is 0.303 e. The zero-order chi connectivity index (χ0) is 23.0. The van der Waals surface area contributed by atoms with Crippen LogP contribution in [0.1, 0.15) is 72.6 Å². The summed E-state index contributed by atoms with van der Waals surface area (Å²) < 4.78 is 22.9. The van der Waals surface area contributed by atoms with Crippen LogP contribution in [0.15, 0.2) is 0 Å². The maximum Gasteiger partial charge on any atom is 0.303 e. The molecule has 0 aliphatic heterocycles. The van der Waals surface area contributed by atoms with Gasteiger partial charge in [0.25, 0.3) is 0 Å². The molecule has 31 heavy (non-hydrogen) atoms. The van der Waals surface area contributed by atoms with Gasteiger partial charge in [-0.3, -0.25) is 14.4 Å². The van der Waals surface area contributed by atoms with Crippen LogP contribution < -0.4 is 0 Å². The van der Waals surface area contributed by atoms with Crippen molar-refractivity contribution in [3.8, 4) is 0 Å². The Morgan fingerprint density at radius 1 is 1.19 bits per heavy atom. The highest BCUT2D eigenvalue weighted by atomic mass is 19.1. The van der Waals surface area contributed by atoms with Crippen LogP contribution in [-0.2, 0) is 19.1 Å². The molecule has 0 saturated heterocycles. The lowest BCUT2D eigenvalue weighted by Crippen LogP contribution is -2.71. The molecule has 4 saturated carbocycles. The van der Waals surface area contributed by atoms with Gasteiger partial charge in [0.15, 0.2) is 5.60 Å². The van der Waals surface area contributed by atoms with Crippen molar-refractivity contribution in [2.24, 2.45) is 34.5 Å². The zero-order valence-corrected chi connectivity index (χ0v) is 18.9. The van der Waals surface area contributed by atoms with Crippen LogP contribution in [0.4, 0.5) is 4.39 Å². The van der Waals surface area contributed by atoms with Crippen molar-refractivity contribution in [1.82, 2.24) is 0 Å². The van der Waals surface area contributed by atoms with Crippen LogP contribution in [0.3, 0.4) is 0 Å². The highest BCUT2D eigenvalue weighted by molar-refractivity contribution is 5.92. The summed E-state index contributed by atoms with van der Waals surface area (Å²) >= 11 is 0. The van der Waals surface area contributed by atoms with Crippen molar-refractivity contribution in [1.29, 1.82) is 0 Å². The SMILES string of the molecule is CC(=O)O[C@]1(C(=O)CO)[C@@H](C)C[C@H]2[C@@H]3CC[C@H]4CC(=O)CC[C@]4(C)[C@@]3(F)[C@@H](O)C[C@@]21C. The van der Waals surface area contributed by atoms with E-state index in [0.29, 0.717) is 38.5 Å². The number of hydrogen-bond donors (Lipinski definition) is 2. The first kappa shape index (κ1) is 22.8. The summed E-state index contributed by atoms with van der Waals surface area (Å²) in [5, 5.41) is 21.1.